The molecule has 37 heavy (non-hydrogen) atoms. The predicted molar refractivity (Wildman–Crippen MR) is 134 cm³/mol. The molecule has 1 amide bonds. The van der Waals surface area contributed by atoms with E-state index in [-0.39, 0.29) is 29.5 Å². The van der Waals surface area contributed by atoms with Crippen LogP contribution in [-0.4, -0.2) is 46.0 Å². The molecule has 0 radical (unpaired) electrons. The van der Waals surface area contributed by atoms with Crippen LogP contribution in [0.15, 0.2) is 72.3 Å². The van der Waals surface area contributed by atoms with Crippen LogP contribution < -0.4 is 9.47 Å². The Morgan fingerprint density at radius 1 is 1.00 bits per heavy atom. The molecule has 2 aliphatic heterocycles. The topological polar surface area (TPSA) is 113 Å². The number of likely N-dealkylation sites (tertiary alicyclic amines) is 1. The van der Waals surface area contributed by atoms with Crippen molar-refractivity contribution >= 4 is 23.4 Å². The lowest BCUT2D eigenvalue weighted by Crippen LogP contribution is -2.29. The number of fused-ring (bicyclic) bond motifs is 1. The molecule has 0 aliphatic carbocycles. The van der Waals surface area contributed by atoms with Crippen LogP contribution in [0.5, 0.6) is 11.5 Å². The molecule has 188 valence electrons. The fraction of sp³-hybridized carbons (Fsp3) is 0.207. The molecule has 1 saturated heterocycles. The third kappa shape index (κ3) is 4.42. The van der Waals surface area contributed by atoms with Crippen LogP contribution in [0.1, 0.15) is 45.6 Å². The number of carbonyl (C=O) groups is 3. The van der Waals surface area contributed by atoms with Gasteiger partial charge in [0.25, 0.3) is 11.7 Å². The van der Waals surface area contributed by atoms with Crippen LogP contribution in [0.4, 0.5) is 0 Å². The Bertz CT molecular complexity index is 1420. The average molecular weight is 500 g/mol. The summed E-state index contributed by atoms with van der Waals surface area (Å²) >= 11 is 0. The summed E-state index contributed by atoms with van der Waals surface area (Å²) in [6.07, 6.45) is 0.698. The van der Waals surface area contributed by atoms with Crippen molar-refractivity contribution in [1.29, 1.82) is 0 Å². The van der Waals surface area contributed by atoms with Crippen LogP contribution in [0.25, 0.3) is 5.76 Å². The summed E-state index contributed by atoms with van der Waals surface area (Å²) in [5.74, 6) is -1.50. The van der Waals surface area contributed by atoms with Gasteiger partial charge in [0.15, 0.2) is 0 Å². The summed E-state index contributed by atoms with van der Waals surface area (Å²) in [5.41, 5.74) is 2.73. The third-order valence-corrected chi connectivity index (χ3v) is 6.69. The zero-order valence-corrected chi connectivity index (χ0v) is 20.3. The fourth-order valence-electron chi connectivity index (χ4n) is 4.85. The minimum atomic E-state index is -1.06. The lowest BCUT2D eigenvalue weighted by molar-refractivity contribution is -0.140. The number of aromatic carboxylic acids is 1. The summed E-state index contributed by atoms with van der Waals surface area (Å²) in [5, 5.41) is 20.6. The van der Waals surface area contributed by atoms with E-state index in [1.807, 2.05) is 6.92 Å². The number of carboxylic acid groups (broad SMARTS) is 1. The molecule has 8 nitrogen and oxygen atoms in total. The quantitative estimate of drug-likeness (QED) is 0.295. The Hall–Kier alpha value is -4.59. The van der Waals surface area contributed by atoms with Gasteiger partial charge in [-0.25, -0.2) is 4.79 Å². The molecule has 3 aromatic rings. The maximum atomic E-state index is 13.3. The highest BCUT2D eigenvalue weighted by atomic mass is 16.5. The molecule has 2 unspecified atom stereocenters. The maximum absolute atomic E-state index is 13.3. The second kappa shape index (κ2) is 9.46. The standard InChI is InChI=1S/C29H25NO7/c1-16-13-21-14-20(9-12-23(21)37-16)26(31)24-25(18-7-10-22(36-2)11-8-18)30(28(33)27(24)32)15-17-3-5-19(6-4-17)29(34)35/h3-12,14,16,25,31H,13,15H2,1-2H3,(H,34,35)/b26-24-. The number of rotatable bonds is 6. The van der Waals surface area contributed by atoms with Crippen LogP contribution in [0, 0.1) is 0 Å². The Morgan fingerprint density at radius 2 is 1.68 bits per heavy atom. The first-order valence-electron chi connectivity index (χ1n) is 11.8. The molecule has 1 fully saturated rings. The smallest absolute Gasteiger partial charge is 0.335 e. The zero-order chi connectivity index (χ0) is 26.3. The zero-order valence-electron chi connectivity index (χ0n) is 20.3. The van der Waals surface area contributed by atoms with Crippen molar-refractivity contribution in [3.8, 4) is 11.5 Å². The van der Waals surface area contributed by atoms with Gasteiger partial charge in [-0.3, -0.25) is 9.59 Å². The number of ketones is 1. The van der Waals surface area contributed by atoms with Crippen molar-refractivity contribution in [3.63, 3.8) is 0 Å². The number of methoxy groups -OCH3 is 1. The molecule has 8 heteroatoms. The molecule has 5 rings (SSSR count). The normalized spacial score (nSPS) is 20.0. The number of carboxylic acids is 1. The van der Waals surface area contributed by atoms with Gasteiger partial charge in [0.2, 0.25) is 0 Å². The van der Waals surface area contributed by atoms with E-state index in [4.69, 9.17) is 9.47 Å². The van der Waals surface area contributed by atoms with E-state index in [9.17, 15) is 24.6 Å². The largest absolute Gasteiger partial charge is 0.507 e. The van der Waals surface area contributed by atoms with Crippen LogP contribution in [-0.2, 0) is 22.6 Å². The van der Waals surface area contributed by atoms with Gasteiger partial charge in [-0.1, -0.05) is 24.3 Å². The molecule has 0 saturated carbocycles. The number of ether oxygens (including phenoxy) is 2. The third-order valence-electron chi connectivity index (χ3n) is 6.69. The van der Waals surface area contributed by atoms with Crippen molar-refractivity contribution in [1.82, 2.24) is 4.90 Å². The van der Waals surface area contributed by atoms with Gasteiger partial charge in [0.1, 0.15) is 23.4 Å². The number of carbonyl (C=O) groups excluding carboxylic acids is 2. The van der Waals surface area contributed by atoms with Gasteiger partial charge < -0.3 is 24.6 Å². The number of nitrogens with zero attached hydrogens (tertiary/aromatic N) is 1. The first kappa shape index (κ1) is 24.1. The molecule has 2 heterocycles. The molecule has 2 aliphatic rings. The highest BCUT2D eigenvalue weighted by molar-refractivity contribution is 6.46. The first-order chi connectivity index (χ1) is 17.8. The second-order valence-electron chi connectivity index (χ2n) is 9.16. The van der Waals surface area contributed by atoms with Gasteiger partial charge in [-0.15, -0.1) is 0 Å². The number of Topliss-reactive ketones (excluding diaryl/α,β-unsaturated/α-hetero) is 1. The number of hydrogen-bond donors (Lipinski definition) is 2. The van der Waals surface area contributed by atoms with E-state index >= 15 is 0 Å². The van der Waals surface area contributed by atoms with Crippen molar-refractivity contribution in [2.24, 2.45) is 0 Å². The second-order valence-corrected chi connectivity index (χ2v) is 9.16. The summed E-state index contributed by atoms with van der Waals surface area (Å²) < 4.78 is 11.0. The van der Waals surface area contributed by atoms with Gasteiger partial charge in [0.05, 0.1) is 24.3 Å². The van der Waals surface area contributed by atoms with Gasteiger partial charge in [-0.2, -0.15) is 0 Å². The summed E-state index contributed by atoms with van der Waals surface area (Å²) in [6.45, 7) is 2.01. The molecule has 2 atom stereocenters. The predicted octanol–water partition coefficient (Wildman–Crippen LogP) is 4.34. The van der Waals surface area contributed by atoms with Gasteiger partial charge in [-0.05, 0) is 66.1 Å². The molecule has 0 bridgehead atoms. The average Bonchev–Trinajstić information content (AvgIpc) is 3.39. The Labute approximate surface area is 213 Å². The molecule has 2 N–H and O–H groups in total. The van der Waals surface area contributed by atoms with E-state index in [0.29, 0.717) is 28.9 Å². The lowest BCUT2D eigenvalue weighted by Gasteiger charge is -2.25. The van der Waals surface area contributed by atoms with Crippen molar-refractivity contribution < 1.29 is 34.1 Å². The maximum Gasteiger partial charge on any atom is 0.335 e. The van der Waals surface area contributed by atoms with Crippen LogP contribution in [0.3, 0.4) is 0 Å². The first-order valence-corrected chi connectivity index (χ1v) is 11.8. The van der Waals surface area contributed by atoms with E-state index in [1.54, 1.807) is 61.7 Å². The van der Waals surface area contributed by atoms with Crippen LogP contribution in [0.2, 0.25) is 0 Å². The SMILES string of the molecule is COc1ccc(C2/C(=C(/O)c3ccc4c(c3)CC(C)O4)C(=O)C(=O)N2Cc2ccc(C(=O)O)cc2)cc1. The molecule has 3 aromatic carbocycles. The number of hydrogen-bond acceptors (Lipinski definition) is 6. The monoisotopic (exact) mass is 499 g/mol. The van der Waals surface area contributed by atoms with Crippen molar-refractivity contribution in [2.75, 3.05) is 7.11 Å². The number of aliphatic hydroxyl groups is 1. The fourth-order valence-corrected chi connectivity index (χ4v) is 4.85. The van der Waals surface area contributed by atoms with Crippen LogP contribution >= 0.6 is 0 Å². The lowest BCUT2D eigenvalue weighted by atomic mass is 9.94. The van der Waals surface area contributed by atoms with E-state index in [0.717, 1.165) is 11.3 Å². The molecule has 0 aromatic heterocycles. The van der Waals surface area contributed by atoms with E-state index in [1.165, 1.54) is 17.0 Å². The summed E-state index contributed by atoms with van der Waals surface area (Å²) in [4.78, 5) is 39.2. The number of aliphatic hydroxyl groups excluding tert-OH is 1. The molecular formula is C29H25NO7. The van der Waals surface area contributed by atoms with Gasteiger partial charge in [0, 0.05) is 18.5 Å². The Kier molecular flexibility index (Phi) is 6.17. The Balaban J connectivity index is 1.59. The van der Waals surface area contributed by atoms with Crippen molar-refractivity contribution in [2.45, 2.75) is 32.0 Å². The van der Waals surface area contributed by atoms with E-state index < -0.39 is 23.7 Å². The molecule has 0 spiro atoms. The minimum Gasteiger partial charge on any atom is -0.507 e. The number of amides is 1. The Morgan fingerprint density at radius 3 is 2.32 bits per heavy atom. The van der Waals surface area contributed by atoms with E-state index in [2.05, 4.69) is 0 Å². The number of benzene rings is 3. The summed E-state index contributed by atoms with van der Waals surface area (Å²) in [7, 11) is 1.54. The molecular weight excluding hydrogens is 474 g/mol. The highest BCUT2D eigenvalue weighted by Gasteiger charge is 2.46. The van der Waals surface area contributed by atoms with Gasteiger partial charge >= 0.3 is 5.97 Å². The van der Waals surface area contributed by atoms with Crippen molar-refractivity contribution in [3.05, 3.63) is 100 Å². The highest BCUT2D eigenvalue weighted by Crippen LogP contribution is 2.41. The minimum absolute atomic E-state index is 0.00997. The summed E-state index contributed by atoms with van der Waals surface area (Å²) in [6, 6.07) is 17.4.